The SMILES string of the molecule is COc1ccc2c3c1O[C@H]1[C@@H](OC(=O)C(C)C)C=C[C@H]4[C@@H](C2)N(C)CC[C@@]341. The van der Waals surface area contributed by atoms with Gasteiger partial charge in [0.15, 0.2) is 17.6 Å². The predicted molar refractivity (Wildman–Crippen MR) is 101 cm³/mol. The average molecular weight is 369 g/mol. The Morgan fingerprint density at radius 2 is 2.15 bits per heavy atom. The van der Waals surface area contributed by atoms with Crippen LogP contribution in [0.4, 0.5) is 0 Å². The Bertz CT molecular complexity index is 832. The highest BCUT2D eigenvalue weighted by Gasteiger charge is 2.65. The topological polar surface area (TPSA) is 48.0 Å². The van der Waals surface area contributed by atoms with Gasteiger partial charge in [0.1, 0.15) is 6.10 Å². The molecule has 2 aliphatic carbocycles. The van der Waals surface area contributed by atoms with Gasteiger partial charge in [0.05, 0.1) is 13.0 Å². The molecule has 5 heteroatoms. The lowest BCUT2D eigenvalue weighted by Crippen LogP contribution is -2.65. The lowest BCUT2D eigenvalue weighted by Gasteiger charge is -2.56. The van der Waals surface area contributed by atoms with Gasteiger partial charge in [-0.25, -0.2) is 0 Å². The molecule has 0 amide bonds. The quantitative estimate of drug-likeness (QED) is 0.606. The summed E-state index contributed by atoms with van der Waals surface area (Å²) in [5, 5.41) is 0. The standard InChI is InChI=1S/C22H27NO4/c1-12(2)21(24)26-17-8-6-14-15-11-13-5-7-16(25-4)19-18(13)22(14,20(17)27-19)9-10-23(15)3/h5-8,12,14-15,17,20H,9-11H2,1-4H3/t14-,15+,17-,20-,22-/m0/s1. The van der Waals surface area contributed by atoms with Gasteiger partial charge in [-0.05, 0) is 44.1 Å². The van der Waals surface area contributed by atoms with Crippen molar-refractivity contribution in [3.63, 3.8) is 0 Å². The Labute approximate surface area is 160 Å². The summed E-state index contributed by atoms with van der Waals surface area (Å²) in [7, 11) is 3.91. The Balaban J connectivity index is 1.67. The number of ether oxygens (including phenoxy) is 3. The molecule has 1 fully saturated rings. The van der Waals surface area contributed by atoms with Crippen molar-refractivity contribution in [1.29, 1.82) is 0 Å². The minimum absolute atomic E-state index is 0.134. The summed E-state index contributed by atoms with van der Waals surface area (Å²) in [6.07, 6.45) is 5.83. The average Bonchev–Trinajstić information content (AvgIpc) is 3.00. The molecule has 0 N–H and O–H groups in total. The van der Waals surface area contributed by atoms with Crippen LogP contribution in [0.25, 0.3) is 0 Å². The van der Waals surface area contributed by atoms with Gasteiger partial charge in [-0.1, -0.05) is 26.0 Å². The number of likely N-dealkylation sites (tertiary alicyclic amines) is 1. The summed E-state index contributed by atoms with van der Waals surface area (Å²) in [6.45, 7) is 4.76. The lowest BCUT2D eigenvalue weighted by molar-refractivity contribution is -0.158. The summed E-state index contributed by atoms with van der Waals surface area (Å²) >= 11 is 0. The van der Waals surface area contributed by atoms with Gasteiger partial charge in [-0.2, -0.15) is 0 Å². The minimum Gasteiger partial charge on any atom is -0.493 e. The first-order chi connectivity index (χ1) is 13.0. The first-order valence-electron chi connectivity index (χ1n) is 9.93. The van der Waals surface area contributed by atoms with Crippen LogP contribution in [-0.4, -0.2) is 49.8 Å². The van der Waals surface area contributed by atoms with Crippen molar-refractivity contribution in [3.8, 4) is 11.5 Å². The highest BCUT2D eigenvalue weighted by Crippen LogP contribution is 2.62. The third kappa shape index (κ3) is 2.12. The van der Waals surface area contributed by atoms with E-state index < -0.39 is 0 Å². The molecule has 5 rings (SSSR count). The molecule has 0 radical (unpaired) electrons. The molecule has 27 heavy (non-hydrogen) atoms. The monoisotopic (exact) mass is 369 g/mol. The van der Waals surface area contributed by atoms with Crippen molar-refractivity contribution < 1.29 is 19.0 Å². The molecule has 144 valence electrons. The summed E-state index contributed by atoms with van der Waals surface area (Å²) < 4.78 is 18.1. The molecular formula is C22H27NO4. The molecule has 4 aliphatic rings. The van der Waals surface area contributed by atoms with Crippen LogP contribution in [0.1, 0.15) is 31.4 Å². The van der Waals surface area contributed by atoms with Crippen molar-refractivity contribution in [3.05, 3.63) is 35.4 Å². The maximum atomic E-state index is 12.3. The number of piperidine rings is 1. The van der Waals surface area contributed by atoms with Crippen LogP contribution in [0.2, 0.25) is 0 Å². The van der Waals surface area contributed by atoms with Gasteiger partial charge >= 0.3 is 5.97 Å². The first-order valence-corrected chi connectivity index (χ1v) is 9.93. The molecule has 1 spiro atoms. The number of nitrogens with zero attached hydrogens (tertiary/aromatic N) is 1. The Morgan fingerprint density at radius 3 is 2.89 bits per heavy atom. The Hall–Kier alpha value is -2.01. The number of benzene rings is 1. The molecule has 0 aromatic heterocycles. The third-order valence-corrected chi connectivity index (χ3v) is 7.06. The highest BCUT2D eigenvalue weighted by atomic mass is 16.6. The van der Waals surface area contributed by atoms with Gasteiger partial charge < -0.3 is 19.1 Å². The molecule has 2 heterocycles. The number of esters is 1. The molecule has 0 saturated carbocycles. The van der Waals surface area contributed by atoms with Crippen LogP contribution in [0, 0.1) is 11.8 Å². The fourth-order valence-electron chi connectivity index (χ4n) is 5.74. The van der Waals surface area contributed by atoms with E-state index in [1.807, 2.05) is 19.9 Å². The molecule has 2 aliphatic heterocycles. The molecule has 5 nitrogen and oxygen atoms in total. The Morgan fingerprint density at radius 1 is 1.33 bits per heavy atom. The number of carbonyl (C=O) groups is 1. The van der Waals surface area contributed by atoms with E-state index in [0.29, 0.717) is 12.0 Å². The number of hydrogen-bond acceptors (Lipinski definition) is 5. The molecule has 0 unspecified atom stereocenters. The second-order valence-electron chi connectivity index (χ2n) is 8.68. The van der Waals surface area contributed by atoms with Gasteiger partial charge in [0.25, 0.3) is 0 Å². The molecule has 1 aromatic rings. The van der Waals surface area contributed by atoms with Crippen molar-refractivity contribution in [2.75, 3.05) is 20.7 Å². The van der Waals surface area contributed by atoms with E-state index >= 15 is 0 Å². The van der Waals surface area contributed by atoms with Crippen molar-refractivity contribution in [2.45, 2.75) is 50.4 Å². The normalized spacial score (nSPS) is 35.6. The van der Waals surface area contributed by atoms with Gasteiger partial charge in [-0.3, -0.25) is 4.79 Å². The van der Waals surface area contributed by atoms with E-state index in [9.17, 15) is 4.79 Å². The summed E-state index contributed by atoms with van der Waals surface area (Å²) in [5.74, 6) is 1.69. The molecule has 1 saturated heterocycles. The molecule has 1 aromatic carbocycles. The third-order valence-electron chi connectivity index (χ3n) is 7.06. The summed E-state index contributed by atoms with van der Waals surface area (Å²) in [6, 6.07) is 4.66. The Kier molecular flexibility index (Phi) is 3.64. The van der Waals surface area contributed by atoms with E-state index in [-0.39, 0.29) is 29.5 Å². The summed E-state index contributed by atoms with van der Waals surface area (Å²) in [4.78, 5) is 14.8. The largest absolute Gasteiger partial charge is 0.493 e. The maximum Gasteiger partial charge on any atom is 0.309 e. The van der Waals surface area contributed by atoms with E-state index in [1.54, 1.807) is 7.11 Å². The zero-order valence-electron chi connectivity index (χ0n) is 16.4. The lowest BCUT2D eigenvalue weighted by atomic mass is 9.53. The van der Waals surface area contributed by atoms with Gasteiger partial charge in [0, 0.05) is 22.9 Å². The second kappa shape index (κ2) is 5.74. The van der Waals surface area contributed by atoms with Crippen LogP contribution in [0.3, 0.4) is 0 Å². The fraction of sp³-hybridized carbons (Fsp3) is 0.591. The van der Waals surface area contributed by atoms with Crippen LogP contribution in [0.5, 0.6) is 11.5 Å². The number of likely N-dealkylation sites (N-methyl/N-ethyl adjacent to an activating group) is 1. The maximum absolute atomic E-state index is 12.3. The number of rotatable bonds is 3. The van der Waals surface area contributed by atoms with Crippen LogP contribution >= 0.6 is 0 Å². The van der Waals surface area contributed by atoms with Crippen molar-refractivity contribution >= 4 is 5.97 Å². The van der Waals surface area contributed by atoms with E-state index in [4.69, 9.17) is 14.2 Å². The smallest absolute Gasteiger partial charge is 0.309 e. The van der Waals surface area contributed by atoms with Gasteiger partial charge in [-0.15, -0.1) is 0 Å². The highest BCUT2D eigenvalue weighted by molar-refractivity contribution is 5.72. The predicted octanol–water partition coefficient (Wildman–Crippen LogP) is 2.71. The van der Waals surface area contributed by atoms with E-state index in [0.717, 1.165) is 30.9 Å². The van der Waals surface area contributed by atoms with Gasteiger partial charge in [0.2, 0.25) is 0 Å². The minimum atomic E-state index is -0.358. The van der Waals surface area contributed by atoms with Crippen molar-refractivity contribution in [1.82, 2.24) is 4.90 Å². The van der Waals surface area contributed by atoms with Crippen LogP contribution < -0.4 is 9.47 Å². The number of hydrogen-bond donors (Lipinski definition) is 0. The first kappa shape index (κ1) is 17.1. The van der Waals surface area contributed by atoms with E-state index in [1.165, 1.54) is 11.1 Å². The number of carbonyl (C=O) groups excluding carboxylic acids is 1. The summed E-state index contributed by atoms with van der Waals surface area (Å²) in [5.41, 5.74) is 2.52. The van der Waals surface area contributed by atoms with E-state index in [2.05, 4.69) is 30.2 Å². The molecule has 5 atom stereocenters. The zero-order valence-corrected chi connectivity index (χ0v) is 16.4. The van der Waals surface area contributed by atoms with Crippen molar-refractivity contribution in [2.24, 2.45) is 11.8 Å². The molecule has 2 bridgehead atoms. The fourth-order valence-corrected chi connectivity index (χ4v) is 5.74. The van der Waals surface area contributed by atoms with Crippen LogP contribution in [0.15, 0.2) is 24.3 Å². The zero-order chi connectivity index (χ0) is 18.9. The number of methoxy groups -OCH3 is 1. The second-order valence-corrected chi connectivity index (χ2v) is 8.68. The van der Waals surface area contributed by atoms with Crippen LogP contribution in [-0.2, 0) is 21.4 Å². The molecular weight excluding hydrogens is 342 g/mol.